The number of aryl methyl sites for hydroxylation is 2. The second-order valence-corrected chi connectivity index (χ2v) is 7.85. The first-order valence-corrected chi connectivity index (χ1v) is 10.5. The van der Waals surface area contributed by atoms with E-state index < -0.39 is 0 Å². The fourth-order valence-corrected chi connectivity index (χ4v) is 4.12. The van der Waals surface area contributed by atoms with E-state index in [0.29, 0.717) is 18.3 Å². The molecule has 8 heteroatoms. The summed E-state index contributed by atoms with van der Waals surface area (Å²) in [5.41, 5.74) is 13.4. The normalized spacial score (nSPS) is 11.3. The molecule has 162 valence electrons. The molecule has 5 aromatic rings. The maximum absolute atomic E-state index is 6.31. The Bertz CT molecular complexity index is 1430. The van der Waals surface area contributed by atoms with Crippen LogP contribution in [0.5, 0.6) is 5.75 Å². The predicted octanol–water partition coefficient (Wildman–Crippen LogP) is 4.36. The van der Waals surface area contributed by atoms with Crippen molar-refractivity contribution in [3.05, 3.63) is 59.7 Å². The SMILES string of the molecule is COc1ccc2[nH]cc(CCNc3ncc(-c4ccc5[nH]c(C)nc5c4C)c(N)n3)c2c1. The van der Waals surface area contributed by atoms with Crippen LogP contribution >= 0.6 is 0 Å². The Balaban J connectivity index is 1.33. The quantitative estimate of drug-likeness (QED) is 0.320. The zero-order valence-corrected chi connectivity index (χ0v) is 18.3. The first-order valence-electron chi connectivity index (χ1n) is 10.5. The highest BCUT2D eigenvalue weighted by Crippen LogP contribution is 2.31. The number of imidazole rings is 1. The number of nitrogens with one attached hydrogen (secondary N) is 3. The van der Waals surface area contributed by atoms with Crippen LogP contribution < -0.4 is 15.8 Å². The molecule has 0 aliphatic rings. The summed E-state index contributed by atoms with van der Waals surface area (Å²) in [7, 11) is 1.68. The van der Waals surface area contributed by atoms with Crippen LogP contribution in [0.15, 0.2) is 42.7 Å². The van der Waals surface area contributed by atoms with Crippen LogP contribution in [0.2, 0.25) is 0 Å². The lowest BCUT2D eigenvalue weighted by atomic mass is 10.0. The van der Waals surface area contributed by atoms with E-state index in [1.54, 1.807) is 13.3 Å². The number of H-pyrrole nitrogens is 2. The van der Waals surface area contributed by atoms with Crippen molar-refractivity contribution >= 4 is 33.7 Å². The lowest BCUT2D eigenvalue weighted by Gasteiger charge is -2.11. The van der Waals surface area contributed by atoms with Gasteiger partial charge >= 0.3 is 0 Å². The summed E-state index contributed by atoms with van der Waals surface area (Å²) < 4.78 is 5.35. The van der Waals surface area contributed by atoms with Crippen LogP contribution in [0.4, 0.5) is 11.8 Å². The lowest BCUT2D eigenvalue weighted by molar-refractivity contribution is 0.415. The summed E-state index contributed by atoms with van der Waals surface area (Å²) >= 11 is 0. The van der Waals surface area contributed by atoms with Gasteiger partial charge < -0.3 is 25.8 Å². The number of aromatic amines is 2. The topological polar surface area (TPSA) is 118 Å². The van der Waals surface area contributed by atoms with Crippen molar-refractivity contribution in [3.8, 4) is 16.9 Å². The molecule has 2 aromatic carbocycles. The van der Waals surface area contributed by atoms with Crippen LogP contribution in [0, 0.1) is 13.8 Å². The number of rotatable bonds is 6. The average molecular weight is 428 g/mol. The summed E-state index contributed by atoms with van der Waals surface area (Å²) in [6.45, 7) is 4.67. The molecule has 5 N–H and O–H groups in total. The van der Waals surface area contributed by atoms with Gasteiger partial charge in [0, 0.05) is 35.4 Å². The van der Waals surface area contributed by atoms with Crippen molar-refractivity contribution in [2.45, 2.75) is 20.3 Å². The van der Waals surface area contributed by atoms with E-state index >= 15 is 0 Å². The van der Waals surface area contributed by atoms with Crippen molar-refractivity contribution in [2.75, 3.05) is 24.7 Å². The van der Waals surface area contributed by atoms with Gasteiger partial charge in [0.25, 0.3) is 0 Å². The Kier molecular flexibility index (Phi) is 4.89. The highest BCUT2D eigenvalue weighted by molar-refractivity contribution is 5.89. The molecule has 0 amide bonds. The third kappa shape index (κ3) is 3.49. The number of hydrogen-bond acceptors (Lipinski definition) is 6. The van der Waals surface area contributed by atoms with Gasteiger partial charge in [-0.05, 0) is 61.2 Å². The van der Waals surface area contributed by atoms with Gasteiger partial charge in [0.2, 0.25) is 5.95 Å². The number of fused-ring (bicyclic) bond motifs is 2. The highest BCUT2D eigenvalue weighted by atomic mass is 16.5. The summed E-state index contributed by atoms with van der Waals surface area (Å²) in [6, 6.07) is 10.1. The fourth-order valence-electron chi connectivity index (χ4n) is 4.12. The molecule has 0 bridgehead atoms. The molecular weight excluding hydrogens is 402 g/mol. The second-order valence-electron chi connectivity index (χ2n) is 7.85. The van der Waals surface area contributed by atoms with Gasteiger partial charge in [-0.2, -0.15) is 4.98 Å². The van der Waals surface area contributed by atoms with Crippen LogP contribution in [0.25, 0.3) is 33.1 Å². The molecule has 0 unspecified atom stereocenters. The molecule has 0 aliphatic heterocycles. The van der Waals surface area contributed by atoms with E-state index in [0.717, 1.165) is 56.6 Å². The minimum atomic E-state index is 0.439. The molecule has 32 heavy (non-hydrogen) atoms. The summed E-state index contributed by atoms with van der Waals surface area (Å²) in [4.78, 5) is 20.1. The van der Waals surface area contributed by atoms with Gasteiger partial charge in [-0.1, -0.05) is 6.07 Å². The van der Waals surface area contributed by atoms with E-state index in [1.165, 1.54) is 5.56 Å². The Morgan fingerprint density at radius 3 is 2.72 bits per heavy atom. The lowest BCUT2D eigenvalue weighted by Crippen LogP contribution is -2.09. The highest BCUT2D eigenvalue weighted by Gasteiger charge is 2.13. The maximum Gasteiger partial charge on any atom is 0.224 e. The predicted molar refractivity (Wildman–Crippen MR) is 128 cm³/mol. The molecule has 0 aliphatic carbocycles. The van der Waals surface area contributed by atoms with E-state index in [1.807, 2.05) is 50.4 Å². The molecule has 0 spiro atoms. The molecule has 5 rings (SSSR count). The first kappa shape index (κ1) is 19.9. The van der Waals surface area contributed by atoms with E-state index in [9.17, 15) is 0 Å². The number of nitrogens with two attached hydrogens (primary N) is 1. The number of nitrogens with zero attached hydrogens (tertiary/aromatic N) is 3. The number of anilines is 2. The van der Waals surface area contributed by atoms with Crippen molar-refractivity contribution in [1.29, 1.82) is 0 Å². The third-order valence-electron chi connectivity index (χ3n) is 5.79. The largest absolute Gasteiger partial charge is 0.497 e. The van der Waals surface area contributed by atoms with Crippen molar-refractivity contribution in [2.24, 2.45) is 0 Å². The minimum Gasteiger partial charge on any atom is -0.497 e. The number of hydrogen-bond donors (Lipinski definition) is 4. The molecule has 0 atom stereocenters. The summed E-state index contributed by atoms with van der Waals surface area (Å²) in [5.74, 6) is 2.68. The van der Waals surface area contributed by atoms with Gasteiger partial charge in [0.15, 0.2) is 0 Å². The molecule has 3 aromatic heterocycles. The van der Waals surface area contributed by atoms with Crippen molar-refractivity contribution in [3.63, 3.8) is 0 Å². The molecule has 3 heterocycles. The number of benzene rings is 2. The Morgan fingerprint density at radius 1 is 1.06 bits per heavy atom. The molecule has 0 saturated carbocycles. The summed E-state index contributed by atoms with van der Waals surface area (Å²) in [6.07, 6.45) is 4.61. The number of nitrogen functional groups attached to an aromatic ring is 1. The minimum absolute atomic E-state index is 0.439. The second kappa shape index (κ2) is 7.88. The smallest absolute Gasteiger partial charge is 0.224 e. The summed E-state index contributed by atoms with van der Waals surface area (Å²) in [5, 5.41) is 4.43. The number of methoxy groups -OCH3 is 1. The molecule has 8 nitrogen and oxygen atoms in total. The van der Waals surface area contributed by atoms with Gasteiger partial charge in [-0.3, -0.25) is 0 Å². The standard InChI is InChI=1S/C24H25N7O/c1-13-17(5-7-21-22(13)30-14(2)29-21)19-12-28-24(31-23(19)25)26-9-8-15-11-27-20-6-4-16(32-3)10-18(15)20/h4-7,10-12,27H,8-9H2,1-3H3,(H,29,30)(H3,25,26,28,31). The van der Waals surface area contributed by atoms with Gasteiger partial charge in [0.1, 0.15) is 17.4 Å². The zero-order chi connectivity index (χ0) is 22.2. The Labute approximate surface area is 185 Å². The molecule has 0 radical (unpaired) electrons. The van der Waals surface area contributed by atoms with Crippen LogP contribution in [-0.4, -0.2) is 38.6 Å². The Hall–Kier alpha value is -4.07. The number of aromatic nitrogens is 5. The molecule has 0 fully saturated rings. The molecular formula is C24H25N7O. The van der Waals surface area contributed by atoms with Crippen LogP contribution in [0.1, 0.15) is 17.0 Å². The van der Waals surface area contributed by atoms with Crippen LogP contribution in [0.3, 0.4) is 0 Å². The third-order valence-corrected chi connectivity index (χ3v) is 5.79. The Morgan fingerprint density at radius 2 is 1.91 bits per heavy atom. The maximum atomic E-state index is 6.31. The van der Waals surface area contributed by atoms with E-state index in [-0.39, 0.29) is 0 Å². The zero-order valence-electron chi connectivity index (χ0n) is 18.3. The monoisotopic (exact) mass is 427 g/mol. The average Bonchev–Trinajstić information content (AvgIpc) is 3.37. The fraction of sp³-hybridized carbons (Fsp3) is 0.208. The van der Waals surface area contributed by atoms with E-state index in [2.05, 4.69) is 30.2 Å². The number of ether oxygens (including phenoxy) is 1. The van der Waals surface area contributed by atoms with Gasteiger partial charge in [-0.15, -0.1) is 0 Å². The van der Waals surface area contributed by atoms with Crippen molar-refractivity contribution < 1.29 is 4.74 Å². The van der Waals surface area contributed by atoms with Gasteiger partial charge in [0.05, 0.1) is 18.1 Å². The van der Waals surface area contributed by atoms with E-state index in [4.69, 9.17) is 10.5 Å². The first-order chi connectivity index (χ1) is 15.5. The molecule has 0 saturated heterocycles. The van der Waals surface area contributed by atoms with Crippen molar-refractivity contribution in [1.82, 2.24) is 24.9 Å². The van der Waals surface area contributed by atoms with Crippen LogP contribution in [-0.2, 0) is 6.42 Å². The van der Waals surface area contributed by atoms with Gasteiger partial charge in [-0.25, -0.2) is 9.97 Å².